The van der Waals surface area contributed by atoms with E-state index in [1.54, 1.807) is 6.92 Å². The zero-order chi connectivity index (χ0) is 20.4. The Kier molecular flexibility index (Phi) is 5.38. The summed E-state index contributed by atoms with van der Waals surface area (Å²) >= 11 is 0. The Morgan fingerprint density at radius 3 is 2.69 bits per heavy atom. The molecule has 1 fully saturated rings. The molecular formula is C21H22N2O5S. The van der Waals surface area contributed by atoms with Crippen LogP contribution >= 0.6 is 0 Å². The lowest BCUT2D eigenvalue weighted by atomic mass is 10.00. The van der Waals surface area contributed by atoms with Gasteiger partial charge in [0.25, 0.3) is 0 Å². The lowest BCUT2D eigenvalue weighted by molar-refractivity contribution is 0.0526. The molecule has 0 aliphatic carbocycles. The van der Waals surface area contributed by atoms with Gasteiger partial charge in [0, 0.05) is 19.0 Å². The molecule has 2 heterocycles. The molecule has 0 saturated carbocycles. The summed E-state index contributed by atoms with van der Waals surface area (Å²) in [5, 5.41) is 0. The molecule has 1 saturated heterocycles. The van der Waals surface area contributed by atoms with Gasteiger partial charge in [-0.3, -0.25) is 0 Å². The molecule has 0 bridgehead atoms. The van der Waals surface area contributed by atoms with Crippen LogP contribution in [-0.4, -0.2) is 43.4 Å². The van der Waals surface area contributed by atoms with E-state index in [2.05, 4.69) is 4.98 Å². The van der Waals surface area contributed by atoms with Gasteiger partial charge in [-0.2, -0.15) is 4.31 Å². The number of esters is 1. The molecule has 0 amide bonds. The number of para-hydroxylation sites is 2. The lowest BCUT2D eigenvalue weighted by Gasteiger charge is -2.30. The molecule has 1 atom stereocenters. The number of hydrogen-bond acceptors (Lipinski definition) is 6. The highest BCUT2D eigenvalue weighted by Crippen LogP contribution is 2.31. The number of rotatable bonds is 5. The fourth-order valence-electron chi connectivity index (χ4n) is 3.55. The third-order valence-corrected chi connectivity index (χ3v) is 6.93. The number of aromatic nitrogens is 1. The van der Waals surface area contributed by atoms with Gasteiger partial charge in [-0.25, -0.2) is 18.2 Å². The standard InChI is InChI=1S/C21H22N2O5S/c1-2-27-21(24)15-9-11-17(12-10-15)29(25,26)23-13-5-6-16(14-23)20-22-18-7-3-4-8-19(18)28-20/h3-4,7-12,16H,2,5-6,13-14H2,1H3. The van der Waals surface area contributed by atoms with Crippen molar-refractivity contribution in [1.29, 1.82) is 0 Å². The number of hydrogen-bond donors (Lipinski definition) is 0. The minimum atomic E-state index is -3.68. The number of fused-ring (bicyclic) bond motifs is 1. The van der Waals surface area contributed by atoms with Crippen LogP contribution in [0.4, 0.5) is 0 Å². The van der Waals surface area contributed by atoms with Crippen molar-refractivity contribution in [1.82, 2.24) is 9.29 Å². The molecule has 1 aliphatic heterocycles. The third-order valence-electron chi connectivity index (χ3n) is 5.05. The van der Waals surface area contributed by atoms with Crippen LogP contribution in [0.2, 0.25) is 0 Å². The van der Waals surface area contributed by atoms with E-state index in [9.17, 15) is 13.2 Å². The van der Waals surface area contributed by atoms with Crippen LogP contribution in [0.5, 0.6) is 0 Å². The second kappa shape index (κ2) is 7.96. The Morgan fingerprint density at radius 2 is 1.97 bits per heavy atom. The number of benzene rings is 2. The van der Waals surface area contributed by atoms with E-state index in [1.807, 2.05) is 24.3 Å². The monoisotopic (exact) mass is 414 g/mol. The molecule has 29 heavy (non-hydrogen) atoms. The van der Waals surface area contributed by atoms with Crippen molar-refractivity contribution in [3.63, 3.8) is 0 Å². The highest BCUT2D eigenvalue weighted by Gasteiger charge is 2.33. The first kappa shape index (κ1) is 19.6. The molecule has 7 nitrogen and oxygen atoms in total. The Hall–Kier alpha value is -2.71. The van der Waals surface area contributed by atoms with Gasteiger partial charge in [-0.05, 0) is 56.2 Å². The molecule has 3 aromatic rings. The number of nitrogens with zero attached hydrogens (tertiary/aromatic N) is 2. The minimum absolute atomic E-state index is 0.0928. The molecule has 0 N–H and O–H groups in total. The predicted molar refractivity (Wildman–Crippen MR) is 107 cm³/mol. The second-order valence-corrected chi connectivity index (χ2v) is 8.90. The number of piperidine rings is 1. The Labute approximate surface area is 169 Å². The van der Waals surface area contributed by atoms with E-state index < -0.39 is 16.0 Å². The summed E-state index contributed by atoms with van der Waals surface area (Å²) in [6, 6.07) is 13.4. The highest BCUT2D eigenvalue weighted by molar-refractivity contribution is 7.89. The van der Waals surface area contributed by atoms with Crippen LogP contribution in [0.15, 0.2) is 57.8 Å². The van der Waals surface area contributed by atoms with E-state index in [0.29, 0.717) is 30.1 Å². The van der Waals surface area contributed by atoms with Gasteiger partial charge in [-0.15, -0.1) is 0 Å². The van der Waals surface area contributed by atoms with Crippen molar-refractivity contribution in [2.24, 2.45) is 0 Å². The molecule has 4 rings (SSSR count). The van der Waals surface area contributed by atoms with Crippen molar-refractivity contribution < 1.29 is 22.4 Å². The summed E-state index contributed by atoms with van der Waals surface area (Å²) in [6.45, 7) is 2.75. The summed E-state index contributed by atoms with van der Waals surface area (Å²) in [5.74, 6) is 0.0129. The number of oxazole rings is 1. The maximum atomic E-state index is 13.1. The van der Waals surface area contributed by atoms with Crippen molar-refractivity contribution in [3.8, 4) is 0 Å². The second-order valence-electron chi connectivity index (χ2n) is 6.97. The van der Waals surface area contributed by atoms with Crippen LogP contribution in [0.25, 0.3) is 11.1 Å². The van der Waals surface area contributed by atoms with Gasteiger partial charge < -0.3 is 9.15 Å². The van der Waals surface area contributed by atoms with Crippen LogP contribution in [0.1, 0.15) is 41.9 Å². The first-order chi connectivity index (χ1) is 14.0. The first-order valence-corrected chi connectivity index (χ1v) is 11.1. The van der Waals surface area contributed by atoms with E-state index >= 15 is 0 Å². The van der Waals surface area contributed by atoms with E-state index in [0.717, 1.165) is 18.4 Å². The molecule has 1 aliphatic rings. The van der Waals surface area contributed by atoms with Crippen LogP contribution < -0.4 is 0 Å². The molecule has 0 spiro atoms. The molecule has 8 heteroatoms. The van der Waals surface area contributed by atoms with Crippen LogP contribution in [-0.2, 0) is 14.8 Å². The van der Waals surface area contributed by atoms with Gasteiger partial charge >= 0.3 is 5.97 Å². The van der Waals surface area contributed by atoms with Gasteiger partial charge in [-0.1, -0.05) is 12.1 Å². The zero-order valence-electron chi connectivity index (χ0n) is 16.1. The first-order valence-electron chi connectivity index (χ1n) is 9.62. The molecular weight excluding hydrogens is 392 g/mol. The Bertz CT molecular complexity index is 1090. The number of ether oxygens (including phenoxy) is 1. The molecule has 152 valence electrons. The van der Waals surface area contributed by atoms with Crippen molar-refractivity contribution in [2.75, 3.05) is 19.7 Å². The minimum Gasteiger partial charge on any atom is -0.462 e. The van der Waals surface area contributed by atoms with Gasteiger partial charge in [0.15, 0.2) is 11.5 Å². The van der Waals surface area contributed by atoms with Gasteiger partial charge in [0.1, 0.15) is 5.52 Å². The molecule has 0 radical (unpaired) electrons. The SMILES string of the molecule is CCOC(=O)c1ccc(S(=O)(=O)N2CCCC(c3nc4ccccc4o3)C2)cc1. The average molecular weight is 414 g/mol. The molecule has 2 aromatic carbocycles. The van der Waals surface area contributed by atoms with E-state index in [-0.39, 0.29) is 17.4 Å². The fraction of sp³-hybridized carbons (Fsp3) is 0.333. The lowest BCUT2D eigenvalue weighted by Crippen LogP contribution is -2.39. The third kappa shape index (κ3) is 3.90. The maximum Gasteiger partial charge on any atom is 0.338 e. The maximum absolute atomic E-state index is 13.1. The van der Waals surface area contributed by atoms with E-state index in [1.165, 1.54) is 28.6 Å². The summed E-state index contributed by atoms with van der Waals surface area (Å²) in [6.07, 6.45) is 1.55. The number of carbonyl (C=O) groups excluding carboxylic acids is 1. The van der Waals surface area contributed by atoms with Gasteiger partial charge in [0.2, 0.25) is 10.0 Å². The summed E-state index contributed by atoms with van der Waals surface area (Å²) < 4.78 is 38.5. The van der Waals surface area contributed by atoms with Crippen molar-refractivity contribution in [2.45, 2.75) is 30.6 Å². The van der Waals surface area contributed by atoms with Crippen molar-refractivity contribution in [3.05, 3.63) is 60.0 Å². The van der Waals surface area contributed by atoms with E-state index in [4.69, 9.17) is 9.15 Å². The topological polar surface area (TPSA) is 89.7 Å². The van der Waals surface area contributed by atoms with Crippen LogP contribution in [0, 0.1) is 0 Å². The number of sulfonamides is 1. The van der Waals surface area contributed by atoms with Gasteiger partial charge in [0.05, 0.1) is 17.1 Å². The molecule has 1 aromatic heterocycles. The Morgan fingerprint density at radius 1 is 1.21 bits per heavy atom. The predicted octanol–water partition coefficient (Wildman–Crippen LogP) is 3.57. The zero-order valence-corrected chi connectivity index (χ0v) is 16.9. The summed E-state index contributed by atoms with van der Waals surface area (Å²) in [5.41, 5.74) is 1.81. The fourth-order valence-corrected chi connectivity index (χ4v) is 5.08. The Balaban J connectivity index is 1.54. The summed E-state index contributed by atoms with van der Waals surface area (Å²) in [4.78, 5) is 16.5. The normalized spacial score (nSPS) is 18.0. The quantitative estimate of drug-likeness (QED) is 0.593. The highest BCUT2D eigenvalue weighted by atomic mass is 32.2. The smallest absolute Gasteiger partial charge is 0.338 e. The number of carbonyl (C=O) groups is 1. The van der Waals surface area contributed by atoms with Crippen molar-refractivity contribution >= 4 is 27.1 Å². The average Bonchev–Trinajstić information content (AvgIpc) is 3.18. The largest absolute Gasteiger partial charge is 0.462 e. The summed E-state index contributed by atoms with van der Waals surface area (Å²) in [7, 11) is -3.68. The van der Waals surface area contributed by atoms with Crippen LogP contribution in [0.3, 0.4) is 0 Å². The molecule has 1 unspecified atom stereocenters.